The summed E-state index contributed by atoms with van der Waals surface area (Å²) in [6, 6.07) is 0. The van der Waals surface area contributed by atoms with Crippen LogP contribution >= 0.6 is 0 Å². The molecule has 0 fully saturated rings. The highest BCUT2D eigenvalue weighted by atomic mass is 16.6. The van der Waals surface area contributed by atoms with E-state index in [0.29, 0.717) is 0 Å². The van der Waals surface area contributed by atoms with Crippen molar-refractivity contribution in [2.24, 2.45) is 0 Å². The van der Waals surface area contributed by atoms with E-state index in [2.05, 4.69) is 0 Å². The van der Waals surface area contributed by atoms with E-state index >= 15 is 0 Å². The second kappa shape index (κ2) is 1.42. The number of ether oxygens (including phenoxy) is 1. The van der Waals surface area contributed by atoms with E-state index in [-0.39, 0.29) is 6.23 Å². The quantitative estimate of drug-likeness (QED) is 0.483. The molecule has 1 heterocycles. The molecule has 40 valence electrons. The molecule has 1 atom stereocenters. The average molecular weight is 101 g/mol. The Labute approximate surface area is 41.8 Å². The third-order valence-corrected chi connectivity index (χ3v) is 0.862. The summed E-state index contributed by atoms with van der Waals surface area (Å²) in [5.74, 6) is 0. The fraction of sp³-hybridized carbons (Fsp3) is 0.500. The third-order valence-electron chi connectivity index (χ3n) is 0.862. The van der Waals surface area contributed by atoms with E-state index in [1.807, 2.05) is 0 Å². The maximum atomic E-state index is 8.62. The first kappa shape index (κ1) is 4.46. The largest absolute Gasteiger partial charge is 0.475 e. The zero-order valence-electron chi connectivity index (χ0n) is 4.03. The zero-order chi connectivity index (χ0) is 5.28. The SMILES string of the molecule is CC1OC=CN1O. The van der Waals surface area contributed by atoms with Crippen LogP contribution in [0.15, 0.2) is 12.5 Å². The van der Waals surface area contributed by atoms with Gasteiger partial charge in [-0.1, -0.05) is 0 Å². The summed E-state index contributed by atoms with van der Waals surface area (Å²) in [6.07, 6.45) is 2.70. The fourth-order valence-electron chi connectivity index (χ4n) is 0.395. The average Bonchev–Trinajstić information content (AvgIpc) is 1.91. The summed E-state index contributed by atoms with van der Waals surface area (Å²) in [5.41, 5.74) is 0. The van der Waals surface area contributed by atoms with Crippen LogP contribution in [-0.2, 0) is 4.74 Å². The summed E-state index contributed by atoms with van der Waals surface area (Å²) < 4.78 is 4.76. The maximum absolute atomic E-state index is 8.62. The molecule has 0 amide bonds. The molecule has 1 rings (SSSR count). The van der Waals surface area contributed by atoms with E-state index in [4.69, 9.17) is 9.94 Å². The van der Waals surface area contributed by atoms with Crippen molar-refractivity contribution in [2.45, 2.75) is 13.2 Å². The highest BCUT2D eigenvalue weighted by Gasteiger charge is 2.10. The lowest BCUT2D eigenvalue weighted by molar-refractivity contribution is -0.128. The maximum Gasteiger partial charge on any atom is 0.191 e. The Morgan fingerprint density at radius 1 is 1.86 bits per heavy atom. The molecule has 0 radical (unpaired) electrons. The molecule has 7 heavy (non-hydrogen) atoms. The van der Waals surface area contributed by atoms with Crippen LogP contribution < -0.4 is 0 Å². The number of hydrogen-bond acceptors (Lipinski definition) is 3. The van der Waals surface area contributed by atoms with Gasteiger partial charge in [-0.15, -0.1) is 0 Å². The number of nitrogens with zero attached hydrogens (tertiary/aromatic N) is 1. The summed E-state index contributed by atoms with van der Waals surface area (Å²) in [4.78, 5) is 0. The Bertz CT molecular complexity index is 91.7. The van der Waals surface area contributed by atoms with Crippen molar-refractivity contribution in [3.8, 4) is 0 Å². The second-order valence-corrected chi connectivity index (χ2v) is 1.40. The molecule has 0 aromatic heterocycles. The standard InChI is InChI=1S/C4H7NO2/c1-4-5(6)2-3-7-4/h2-4,6H,1H3. The van der Waals surface area contributed by atoms with Gasteiger partial charge in [-0.25, -0.2) is 5.06 Å². The predicted molar refractivity (Wildman–Crippen MR) is 23.3 cm³/mol. The Morgan fingerprint density at radius 2 is 2.57 bits per heavy atom. The zero-order valence-corrected chi connectivity index (χ0v) is 4.03. The molecule has 0 aromatic rings. The highest BCUT2D eigenvalue weighted by Crippen LogP contribution is 2.04. The lowest BCUT2D eigenvalue weighted by atomic mass is 10.7. The minimum absolute atomic E-state index is 0.208. The van der Waals surface area contributed by atoms with Gasteiger partial charge in [-0.05, 0) is 6.92 Å². The third kappa shape index (κ3) is 0.667. The lowest BCUT2D eigenvalue weighted by Crippen LogP contribution is -2.19. The molecule has 3 heteroatoms. The number of hydroxylamine groups is 2. The summed E-state index contributed by atoms with van der Waals surface area (Å²) in [7, 11) is 0. The molecule has 1 aliphatic rings. The minimum atomic E-state index is -0.208. The predicted octanol–water partition coefficient (Wildman–Crippen LogP) is 0.525. The Balaban J connectivity index is 2.45. The second-order valence-electron chi connectivity index (χ2n) is 1.40. The Kier molecular flexibility index (Phi) is 0.906. The molecule has 0 bridgehead atoms. The molecule has 0 saturated carbocycles. The Hall–Kier alpha value is -0.700. The van der Waals surface area contributed by atoms with Gasteiger partial charge in [0.05, 0.1) is 6.20 Å². The first-order chi connectivity index (χ1) is 3.30. The highest BCUT2D eigenvalue weighted by molar-refractivity contribution is 4.77. The van der Waals surface area contributed by atoms with E-state index in [0.717, 1.165) is 5.06 Å². The first-order valence-corrected chi connectivity index (χ1v) is 2.10. The molecule has 1 aliphatic heterocycles. The van der Waals surface area contributed by atoms with Crippen LogP contribution in [0.3, 0.4) is 0 Å². The van der Waals surface area contributed by atoms with Crippen LogP contribution in [0.5, 0.6) is 0 Å². The molecule has 1 N–H and O–H groups in total. The van der Waals surface area contributed by atoms with Crippen molar-refractivity contribution in [2.75, 3.05) is 0 Å². The molecule has 3 nitrogen and oxygen atoms in total. The van der Waals surface area contributed by atoms with Crippen LogP contribution in [-0.4, -0.2) is 16.5 Å². The van der Waals surface area contributed by atoms with E-state index in [9.17, 15) is 0 Å². The molecule has 0 aromatic carbocycles. The van der Waals surface area contributed by atoms with Gasteiger partial charge in [0.1, 0.15) is 6.26 Å². The van der Waals surface area contributed by atoms with E-state index < -0.39 is 0 Å². The fourth-order valence-corrected chi connectivity index (χ4v) is 0.395. The number of rotatable bonds is 0. The molecular weight excluding hydrogens is 94.0 g/mol. The van der Waals surface area contributed by atoms with Gasteiger partial charge in [0.2, 0.25) is 0 Å². The monoisotopic (exact) mass is 101 g/mol. The lowest BCUT2D eigenvalue weighted by Gasteiger charge is -2.10. The van der Waals surface area contributed by atoms with Crippen molar-refractivity contribution >= 4 is 0 Å². The van der Waals surface area contributed by atoms with Crippen LogP contribution in [0.4, 0.5) is 0 Å². The molecule has 0 aliphatic carbocycles. The molecule has 0 saturated heterocycles. The van der Waals surface area contributed by atoms with Crippen LogP contribution in [0, 0.1) is 0 Å². The summed E-state index contributed by atoms with van der Waals surface area (Å²) in [5, 5.41) is 9.62. The van der Waals surface area contributed by atoms with Gasteiger partial charge in [0.15, 0.2) is 6.23 Å². The van der Waals surface area contributed by atoms with Crippen LogP contribution in [0.1, 0.15) is 6.92 Å². The van der Waals surface area contributed by atoms with Gasteiger partial charge in [-0.3, -0.25) is 5.21 Å². The topological polar surface area (TPSA) is 32.7 Å². The van der Waals surface area contributed by atoms with Crippen LogP contribution in [0.2, 0.25) is 0 Å². The van der Waals surface area contributed by atoms with Gasteiger partial charge >= 0.3 is 0 Å². The van der Waals surface area contributed by atoms with Crippen molar-refractivity contribution in [3.05, 3.63) is 12.5 Å². The summed E-state index contributed by atoms with van der Waals surface area (Å²) >= 11 is 0. The number of hydrogen-bond donors (Lipinski definition) is 1. The van der Waals surface area contributed by atoms with Crippen molar-refractivity contribution in [1.29, 1.82) is 0 Å². The van der Waals surface area contributed by atoms with Gasteiger partial charge in [-0.2, -0.15) is 0 Å². The minimum Gasteiger partial charge on any atom is -0.475 e. The molecular formula is C4H7NO2. The van der Waals surface area contributed by atoms with Gasteiger partial charge < -0.3 is 4.74 Å². The van der Waals surface area contributed by atoms with Crippen molar-refractivity contribution in [1.82, 2.24) is 5.06 Å². The molecule has 1 unspecified atom stereocenters. The van der Waals surface area contributed by atoms with Crippen molar-refractivity contribution < 1.29 is 9.94 Å². The smallest absolute Gasteiger partial charge is 0.191 e. The van der Waals surface area contributed by atoms with Gasteiger partial charge in [0, 0.05) is 0 Å². The van der Waals surface area contributed by atoms with E-state index in [1.165, 1.54) is 12.5 Å². The normalized spacial score (nSPS) is 28.3. The van der Waals surface area contributed by atoms with Gasteiger partial charge in [0.25, 0.3) is 0 Å². The Morgan fingerprint density at radius 3 is 2.71 bits per heavy atom. The van der Waals surface area contributed by atoms with Crippen LogP contribution in [0.25, 0.3) is 0 Å². The first-order valence-electron chi connectivity index (χ1n) is 2.10. The van der Waals surface area contributed by atoms with Crippen molar-refractivity contribution in [3.63, 3.8) is 0 Å². The van der Waals surface area contributed by atoms with E-state index in [1.54, 1.807) is 6.92 Å². The molecule has 0 spiro atoms. The summed E-state index contributed by atoms with van der Waals surface area (Å²) in [6.45, 7) is 1.75.